The van der Waals surface area contributed by atoms with Gasteiger partial charge >= 0.3 is 0 Å². The lowest BCUT2D eigenvalue weighted by atomic mass is 10.0. The highest BCUT2D eigenvalue weighted by atomic mass is 16.2. The van der Waals surface area contributed by atoms with Crippen molar-refractivity contribution in [1.29, 1.82) is 0 Å². The number of rotatable bonds is 5. The van der Waals surface area contributed by atoms with Crippen LogP contribution in [0.4, 0.5) is 0 Å². The fourth-order valence-electron chi connectivity index (χ4n) is 1.51. The average molecular weight is 220 g/mol. The van der Waals surface area contributed by atoms with E-state index < -0.39 is 0 Å². The van der Waals surface area contributed by atoms with Gasteiger partial charge in [0.05, 0.1) is 0 Å². The molecule has 0 heterocycles. The molecule has 0 spiro atoms. The second kappa shape index (κ2) is 6.28. The maximum absolute atomic E-state index is 11.6. The quantitative estimate of drug-likeness (QED) is 0.824. The Morgan fingerprint density at radius 1 is 1.38 bits per heavy atom. The van der Waals surface area contributed by atoms with Crippen LogP contribution in [0, 0.1) is 0 Å². The molecule has 1 unspecified atom stereocenters. The summed E-state index contributed by atoms with van der Waals surface area (Å²) in [6.45, 7) is 2.72. The van der Waals surface area contributed by atoms with E-state index in [1.54, 1.807) is 4.90 Å². The first kappa shape index (κ1) is 12.7. The number of carbonyl (C=O) groups excluding carboxylic acids is 1. The summed E-state index contributed by atoms with van der Waals surface area (Å²) in [4.78, 5) is 13.3. The lowest BCUT2D eigenvalue weighted by Crippen LogP contribution is -2.27. The lowest BCUT2D eigenvalue weighted by molar-refractivity contribution is -0.129. The number of benzene rings is 1. The minimum atomic E-state index is -0.0459. The van der Waals surface area contributed by atoms with Crippen LogP contribution in [0.5, 0.6) is 0 Å². The molecule has 0 aliphatic carbocycles. The van der Waals surface area contributed by atoms with Crippen molar-refractivity contribution in [3.8, 4) is 0 Å². The molecule has 1 rings (SSSR count). The van der Waals surface area contributed by atoms with Crippen LogP contribution in [0.2, 0.25) is 0 Å². The van der Waals surface area contributed by atoms with Crippen LogP contribution in [0.1, 0.15) is 31.4 Å². The molecule has 1 atom stereocenters. The first-order valence-corrected chi connectivity index (χ1v) is 5.69. The zero-order chi connectivity index (χ0) is 12.0. The van der Waals surface area contributed by atoms with Gasteiger partial charge in [0.1, 0.15) is 0 Å². The topological polar surface area (TPSA) is 46.3 Å². The van der Waals surface area contributed by atoms with Crippen molar-refractivity contribution in [2.45, 2.75) is 25.8 Å². The van der Waals surface area contributed by atoms with E-state index in [1.165, 1.54) is 0 Å². The third-order valence-electron chi connectivity index (χ3n) is 2.80. The van der Waals surface area contributed by atoms with E-state index in [2.05, 4.69) is 0 Å². The smallest absolute Gasteiger partial charge is 0.222 e. The molecule has 88 valence electrons. The largest absolute Gasteiger partial charge is 0.346 e. The fraction of sp³-hybridized carbons (Fsp3) is 0.462. The Bertz CT molecular complexity index is 324. The number of hydrogen-bond acceptors (Lipinski definition) is 2. The lowest BCUT2D eigenvalue weighted by Gasteiger charge is -2.16. The summed E-state index contributed by atoms with van der Waals surface area (Å²) in [5, 5.41) is 0. The van der Waals surface area contributed by atoms with Crippen molar-refractivity contribution in [1.82, 2.24) is 4.90 Å². The number of amides is 1. The predicted octanol–water partition coefficient (Wildman–Crippen LogP) is 1.94. The van der Waals surface area contributed by atoms with Gasteiger partial charge in [0.25, 0.3) is 0 Å². The fourth-order valence-corrected chi connectivity index (χ4v) is 1.51. The summed E-state index contributed by atoms with van der Waals surface area (Å²) in [6, 6.07) is 9.85. The molecule has 1 amide bonds. The minimum absolute atomic E-state index is 0.0459. The number of nitrogens with two attached hydrogens (primary N) is 1. The third-order valence-corrected chi connectivity index (χ3v) is 2.80. The van der Waals surface area contributed by atoms with Gasteiger partial charge in [-0.1, -0.05) is 30.3 Å². The van der Waals surface area contributed by atoms with E-state index in [9.17, 15) is 4.79 Å². The Kier molecular flexibility index (Phi) is 4.99. The summed E-state index contributed by atoms with van der Waals surface area (Å²) < 4.78 is 0. The molecule has 0 aromatic heterocycles. The molecule has 3 nitrogen and oxygen atoms in total. The second-order valence-electron chi connectivity index (χ2n) is 3.96. The molecule has 2 N–H and O–H groups in total. The zero-order valence-electron chi connectivity index (χ0n) is 10.0. The molecule has 0 fully saturated rings. The van der Waals surface area contributed by atoms with E-state index in [4.69, 9.17) is 5.73 Å². The summed E-state index contributed by atoms with van der Waals surface area (Å²) in [5.74, 6) is 0.161. The molecule has 3 heteroatoms. The van der Waals surface area contributed by atoms with Crippen molar-refractivity contribution in [3.05, 3.63) is 35.9 Å². The Labute approximate surface area is 97.2 Å². The van der Waals surface area contributed by atoms with Gasteiger partial charge in [0.2, 0.25) is 5.91 Å². The maximum Gasteiger partial charge on any atom is 0.222 e. The third kappa shape index (κ3) is 3.66. The second-order valence-corrected chi connectivity index (χ2v) is 3.96. The van der Waals surface area contributed by atoms with Crippen molar-refractivity contribution >= 4 is 5.91 Å². The molecular formula is C13H20N2O. The standard InChI is InChI=1S/C13H20N2O/c1-3-15(2)13(16)10-9-12(14)11-7-5-4-6-8-11/h4-8,12H,3,9-10,14H2,1-2H3. The van der Waals surface area contributed by atoms with Crippen LogP contribution in [-0.2, 0) is 4.79 Å². The highest BCUT2D eigenvalue weighted by Crippen LogP contribution is 2.15. The van der Waals surface area contributed by atoms with Crippen LogP contribution in [-0.4, -0.2) is 24.4 Å². The first-order chi connectivity index (χ1) is 7.65. The Morgan fingerprint density at radius 2 is 2.00 bits per heavy atom. The van der Waals surface area contributed by atoms with E-state index in [1.807, 2.05) is 44.3 Å². The molecule has 0 bridgehead atoms. The van der Waals surface area contributed by atoms with Crippen LogP contribution in [0.15, 0.2) is 30.3 Å². The van der Waals surface area contributed by atoms with E-state index in [-0.39, 0.29) is 11.9 Å². The van der Waals surface area contributed by atoms with Crippen LogP contribution < -0.4 is 5.73 Å². The van der Waals surface area contributed by atoms with Gasteiger partial charge in [-0.15, -0.1) is 0 Å². The van der Waals surface area contributed by atoms with Gasteiger partial charge in [-0.25, -0.2) is 0 Å². The highest BCUT2D eigenvalue weighted by molar-refractivity contribution is 5.75. The molecule has 0 saturated carbocycles. The van der Waals surface area contributed by atoms with E-state index in [0.29, 0.717) is 12.8 Å². The molecule has 1 aromatic carbocycles. The average Bonchev–Trinajstić information content (AvgIpc) is 2.35. The SMILES string of the molecule is CCN(C)C(=O)CCC(N)c1ccccc1. The van der Waals surface area contributed by atoms with Gasteiger partial charge < -0.3 is 10.6 Å². The summed E-state index contributed by atoms with van der Waals surface area (Å²) in [7, 11) is 1.82. The van der Waals surface area contributed by atoms with Crippen LogP contribution in [0.3, 0.4) is 0 Å². The van der Waals surface area contributed by atoms with Crippen LogP contribution >= 0.6 is 0 Å². The molecule has 0 aliphatic rings. The van der Waals surface area contributed by atoms with Gasteiger partial charge in [0.15, 0.2) is 0 Å². The summed E-state index contributed by atoms with van der Waals surface area (Å²) in [5.41, 5.74) is 7.11. The first-order valence-electron chi connectivity index (χ1n) is 5.69. The zero-order valence-corrected chi connectivity index (χ0v) is 10.0. The van der Waals surface area contributed by atoms with Gasteiger partial charge in [-0.05, 0) is 18.9 Å². The predicted molar refractivity (Wildman–Crippen MR) is 65.9 cm³/mol. The van der Waals surface area contributed by atoms with Gasteiger partial charge in [0, 0.05) is 26.1 Å². The van der Waals surface area contributed by atoms with Gasteiger partial charge in [-0.3, -0.25) is 4.79 Å². The maximum atomic E-state index is 11.6. The number of hydrogen-bond donors (Lipinski definition) is 1. The van der Waals surface area contributed by atoms with E-state index in [0.717, 1.165) is 12.1 Å². The van der Waals surface area contributed by atoms with Crippen molar-refractivity contribution in [2.24, 2.45) is 5.73 Å². The number of carbonyl (C=O) groups is 1. The Balaban J connectivity index is 2.42. The highest BCUT2D eigenvalue weighted by Gasteiger charge is 2.10. The Hall–Kier alpha value is -1.35. The van der Waals surface area contributed by atoms with Crippen LogP contribution in [0.25, 0.3) is 0 Å². The molecule has 0 saturated heterocycles. The molecular weight excluding hydrogens is 200 g/mol. The number of nitrogens with zero attached hydrogens (tertiary/aromatic N) is 1. The Morgan fingerprint density at radius 3 is 2.56 bits per heavy atom. The summed E-state index contributed by atoms with van der Waals surface area (Å²) in [6.07, 6.45) is 1.22. The molecule has 16 heavy (non-hydrogen) atoms. The summed E-state index contributed by atoms with van der Waals surface area (Å²) >= 11 is 0. The van der Waals surface area contributed by atoms with Gasteiger partial charge in [-0.2, -0.15) is 0 Å². The van der Waals surface area contributed by atoms with E-state index >= 15 is 0 Å². The monoisotopic (exact) mass is 220 g/mol. The van der Waals surface area contributed by atoms with Crippen molar-refractivity contribution in [2.75, 3.05) is 13.6 Å². The van der Waals surface area contributed by atoms with Crippen molar-refractivity contribution < 1.29 is 4.79 Å². The van der Waals surface area contributed by atoms with Crippen molar-refractivity contribution in [3.63, 3.8) is 0 Å². The molecule has 1 aromatic rings. The normalized spacial score (nSPS) is 12.2. The molecule has 0 aliphatic heterocycles. The molecule has 0 radical (unpaired) electrons. The minimum Gasteiger partial charge on any atom is -0.346 e.